The molecule has 0 saturated carbocycles. The van der Waals surface area contributed by atoms with Crippen LogP contribution in [0.1, 0.15) is 38.4 Å². The van der Waals surface area contributed by atoms with E-state index in [2.05, 4.69) is 18.8 Å². The lowest BCUT2D eigenvalue weighted by molar-refractivity contribution is -0.0180. The molecule has 3 unspecified atom stereocenters. The summed E-state index contributed by atoms with van der Waals surface area (Å²) >= 11 is 0. The molecule has 3 atom stereocenters. The highest BCUT2D eigenvalue weighted by atomic mass is 16.5. The van der Waals surface area contributed by atoms with E-state index >= 15 is 0 Å². The fourth-order valence-electron chi connectivity index (χ4n) is 2.21. The van der Waals surface area contributed by atoms with E-state index in [1.54, 1.807) is 12.4 Å². The van der Waals surface area contributed by atoms with Crippen molar-refractivity contribution in [2.75, 3.05) is 13.2 Å². The first kappa shape index (κ1) is 13.3. The van der Waals surface area contributed by atoms with Crippen LogP contribution in [-0.2, 0) is 4.74 Å². The number of ether oxygens (including phenoxy) is 2. The van der Waals surface area contributed by atoms with E-state index in [-0.39, 0.29) is 6.10 Å². The Bertz CT molecular complexity index is 383. The first-order chi connectivity index (χ1) is 8.72. The van der Waals surface area contributed by atoms with E-state index in [4.69, 9.17) is 9.47 Å². The molecule has 0 spiro atoms. The molecule has 1 aromatic heterocycles. The molecule has 0 amide bonds. The third-order valence-electron chi connectivity index (χ3n) is 3.30. The molecule has 0 radical (unpaired) electrons. The highest BCUT2D eigenvalue weighted by Crippen LogP contribution is 2.31. The van der Waals surface area contributed by atoms with Crippen LogP contribution in [0.25, 0.3) is 0 Å². The molecule has 1 fully saturated rings. The van der Waals surface area contributed by atoms with Crippen LogP contribution in [-0.4, -0.2) is 29.4 Å². The Balaban J connectivity index is 2.07. The van der Waals surface area contributed by atoms with E-state index in [9.17, 15) is 5.11 Å². The predicted molar refractivity (Wildman–Crippen MR) is 68.5 cm³/mol. The minimum atomic E-state index is -0.625. The van der Waals surface area contributed by atoms with Gasteiger partial charge in [-0.15, -0.1) is 0 Å². The Morgan fingerprint density at radius 2 is 2.39 bits per heavy atom. The van der Waals surface area contributed by atoms with Crippen molar-refractivity contribution >= 4 is 0 Å². The summed E-state index contributed by atoms with van der Waals surface area (Å²) in [5.41, 5.74) is 0.766. The van der Waals surface area contributed by atoms with Crippen molar-refractivity contribution in [2.45, 2.75) is 38.9 Å². The first-order valence-corrected chi connectivity index (χ1v) is 6.59. The van der Waals surface area contributed by atoms with Crippen LogP contribution in [0.2, 0.25) is 0 Å². The smallest absolute Gasteiger partial charge is 0.137 e. The van der Waals surface area contributed by atoms with Gasteiger partial charge in [-0.25, -0.2) is 0 Å². The largest absolute Gasteiger partial charge is 0.492 e. The topological polar surface area (TPSA) is 51.6 Å². The summed E-state index contributed by atoms with van der Waals surface area (Å²) in [5.74, 6) is 1.08. The SMILES string of the molecule is CCCOc1cncc(C(O)C2OCCC2C)c1. The van der Waals surface area contributed by atoms with Crippen LogP contribution in [0.3, 0.4) is 0 Å². The molecule has 1 aliphatic heterocycles. The molecule has 2 rings (SSSR count). The van der Waals surface area contributed by atoms with Gasteiger partial charge in [-0.1, -0.05) is 13.8 Å². The van der Waals surface area contributed by atoms with E-state index in [0.29, 0.717) is 18.3 Å². The Hall–Kier alpha value is -1.13. The standard InChI is InChI=1S/C14H21NO3/c1-3-5-17-12-7-11(8-15-9-12)13(16)14-10(2)4-6-18-14/h7-10,13-14,16H,3-6H2,1-2H3. The molecule has 0 aliphatic carbocycles. The lowest BCUT2D eigenvalue weighted by Gasteiger charge is -2.21. The van der Waals surface area contributed by atoms with E-state index in [1.165, 1.54) is 0 Å². The number of aliphatic hydroxyl groups is 1. The molecule has 1 aliphatic rings. The zero-order valence-electron chi connectivity index (χ0n) is 11.0. The maximum Gasteiger partial charge on any atom is 0.137 e. The summed E-state index contributed by atoms with van der Waals surface area (Å²) in [7, 11) is 0. The minimum absolute atomic E-state index is 0.131. The molecule has 100 valence electrons. The van der Waals surface area contributed by atoms with E-state index < -0.39 is 6.10 Å². The van der Waals surface area contributed by atoms with Gasteiger partial charge < -0.3 is 14.6 Å². The zero-order valence-corrected chi connectivity index (χ0v) is 11.0. The van der Waals surface area contributed by atoms with Gasteiger partial charge in [0, 0.05) is 18.4 Å². The van der Waals surface area contributed by atoms with Crippen molar-refractivity contribution in [2.24, 2.45) is 5.92 Å². The summed E-state index contributed by atoms with van der Waals surface area (Å²) in [5, 5.41) is 10.3. The highest BCUT2D eigenvalue weighted by Gasteiger charge is 2.32. The van der Waals surface area contributed by atoms with Crippen molar-refractivity contribution in [3.8, 4) is 5.75 Å². The third kappa shape index (κ3) is 3.00. The molecule has 2 heterocycles. The lowest BCUT2D eigenvalue weighted by Crippen LogP contribution is -2.23. The predicted octanol–water partition coefficient (Wildman–Crippen LogP) is 2.33. The lowest BCUT2D eigenvalue weighted by atomic mass is 9.95. The van der Waals surface area contributed by atoms with Crippen molar-refractivity contribution in [3.63, 3.8) is 0 Å². The molecule has 0 aromatic carbocycles. The molecule has 4 nitrogen and oxygen atoms in total. The molecule has 4 heteroatoms. The maximum atomic E-state index is 10.3. The summed E-state index contributed by atoms with van der Waals surface area (Å²) < 4.78 is 11.1. The number of pyridine rings is 1. The van der Waals surface area contributed by atoms with Crippen LogP contribution in [0.4, 0.5) is 0 Å². The van der Waals surface area contributed by atoms with E-state index in [1.807, 2.05) is 6.07 Å². The third-order valence-corrected chi connectivity index (χ3v) is 3.30. The maximum absolute atomic E-state index is 10.3. The Morgan fingerprint density at radius 3 is 3.06 bits per heavy atom. The summed E-state index contributed by atoms with van der Waals surface area (Å²) in [6, 6.07) is 1.85. The van der Waals surface area contributed by atoms with Crippen LogP contribution < -0.4 is 4.74 Å². The van der Waals surface area contributed by atoms with E-state index in [0.717, 1.165) is 25.0 Å². The van der Waals surface area contributed by atoms with Crippen molar-refractivity contribution < 1.29 is 14.6 Å². The molecule has 1 aromatic rings. The Kier molecular flexibility index (Phi) is 4.55. The fraction of sp³-hybridized carbons (Fsp3) is 0.643. The number of hydrogen-bond donors (Lipinski definition) is 1. The molecular weight excluding hydrogens is 230 g/mol. The van der Waals surface area contributed by atoms with Gasteiger partial charge in [0.1, 0.15) is 11.9 Å². The number of aliphatic hydroxyl groups excluding tert-OH is 1. The second-order valence-electron chi connectivity index (χ2n) is 4.85. The van der Waals surface area contributed by atoms with Crippen molar-refractivity contribution in [1.82, 2.24) is 4.98 Å². The van der Waals surface area contributed by atoms with Crippen LogP contribution >= 0.6 is 0 Å². The average molecular weight is 251 g/mol. The van der Waals surface area contributed by atoms with Gasteiger partial charge >= 0.3 is 0 Å². The normalized spacial score (nSPS) is 25.1. The molecular formula is C14H21NO3. The molecule has 18 heavy (non-hydrogen) atoms. The highest BCUT2D eigenvalue weighted by molar-refractivity contribution is 5.26. The summed E-state index contributed by atoms with van der Waals surface area (Å²) in [4.78, 5) is 4.11. The first-order valence-electron chi connectivity index (χ1n) is 6.59. The molecule has 1 saturated heterocycles. The quantitative estimate of drug-likeness (QED) is 0.872. The van der Waals surface area contributed by atoms with Crippen LogP contribution in [0, 0.1) is 5.92 Å². The second kappa shape index (κ2) is 6.16. The van der Waals surface area contributed by atoms with Crippen LogP contribution in [0.15, 0.2) is 18.5 Å². The van der Waals surface area contributed by atoms with Gasteiger partial charge in [-0.3, -0.25) is 4.98 Å². The van der Waals surface area contributed by atoms with Gasteiger partial charge in [0.25, 0.3) is 0 Å². The fourth-order valence-corrected chi connectivity index (χ4v) is 2.21. The number of aromatic nitrogens is 1. The monoisotopic (exact) mass is 251 g/mol. The number of hydrogen-bond acceptors (Lipinski definition) is 4. The minimum Gasteiger partial charge on any atom is -0.492 e. The Morgan fingerprint density at radius 1 is 1.56 bits per heavy atom. The van der Waals surface area contributed by atoms with Gasteiger partial charge in [-0.05, 0) is 24.8 Å². The second-order valence-corrected chi connectivity index (χ2v) is 4.85. The zero-order chi connectivity index (χ0) is 13.0. The van der Waals surface area contributed by atoms with Crippen molar-refractivity contribution in [1.29, 1.82) is 0 Å². The summed E-state index contributed by atoms with van der Waals surface area (Å²) in [6.45, 7) is 5.55. The molecule has 0 bridgehead atoms. The average Bonchev–Trinajstić information content (AvgIpc) is 2.82. The van der Waals surface area contributed by atoms with Gasteiger partial charge in [-0.2, -0.15) is 0 Å². The van der Waals surface area contributed by atoms with Crippen LogP contribution in [0.5, 0.6) is 5.75 Å². The summed E-state index contributed by atoms with van der Waals surface area (Å²) in [6.07, 6.45) is 4.55. The molecule has 1 N–H and O–H groups in total. The number of nitrogens with zero attached hydrogens (tertiary/aromatic N) is 1. The van der Waals surface area contributed by atoms with Gasteiger partial charge in [0.2, 0.25) is 0 Å². The van der Waals surface area contributed by atoms with Gasteiger partial charge in [0.15, 0.2) is 0 Å². The van der Waals surface area contributed by atoms with Crippen molar-refractivity contribution in [3.05, 3.63) is 24.0 Å². The number of rotatable bonds is 5. The Labute approximate surface area is 108 Å². The van der Waals surface area contributed by atoms with Gasteiger partial charge in [0.05, 0.1) is 18.9 Å².